The van der Waals surface area contributed by atoms with E-state index in [1.54, 1.807) is 6.20 Å². The lowest BCUT2D eigenvalue weighted by molar-refractivity contribution is -0.138. The summed E-state index contributed by atoms with van der Waals surface area (Å²) in [6, 6.07) is 9.38. The molecule has 0 aliphatic carbocycles. The van der Waals surface area contributed by atoms with Gasteiger partial charge < -0.3 is 10.2 Å². The Morgan fingerprint density at radius 2 is 1.43 bits per heavy atom. The summed E-state index contributed by atoms with van der Waals surface area (Å²) in [5, 5.41) is 7.99. The number of piperidine rings is 1. The van der Waals surface area contributed by atoms with Crippen LogP contribution in [0.2, 0.25) is 0 Å². The third kappa shape index (κ3) is 6.93. The molecule has 2 aromatic carbocycles. The highest BCUT2D eigenvalue weighted by Gasteiger charge is 2.31. The first-order valence-electron chi connectivity index (χ1n) is 12.4. The summed E-state index contributed by atoms with van der Waals surface area (Å²) in [5.41, 5.74) is 0.645. The number of nitrogens with one attached hydrogen (secondary N) is 1. The fraction of sp³-hybridized carbons (Fsp3) is 0.444. The SMILES string of the molecule is CCCN1CCC(CNCc2cn(-c3ccc(C(F)(F)F)cc3)nc2-c2ccc(C(F)(F)F)cc2)CC1. The molecule has 2 heterocycles. The fourth-order valence-electron chi connectivity index (χ4n) is 4.68. The van der Waals surface area contributed by atoms with E-state index in [0.29, 0.717) is 29.4 Å². The van der Waals surface area contributed by atoms with E-state index < -0.39 is 23.5 Å². The van der Waals surface area contributed by atoms with Crippen molar-refractivity contribution in [2.24, 2.45) is 5.92 Å². The number of rotatable bonds is 8. The van der Waals surface area contributed by atoms with Gasteiger partial charge in [-0.3, -0.25) is 0 Å². The third-order valence-electron chi connectivity index (χ3n) is 6.73. The normalized spacial score (nSPS) is 15.9. The number of aromatic nitrogens is 2. The Morgan fingerprint density at radius 3 is 1.97 bits per heavy atom. The minimum atomic E-state index is -4.45. The van der Waals surface area contributed by atoms with Gasteiger partial charge in [-0.25, -0.2) is 4.68 Å². The van der Waals surface area contributed by atoms with Gasteiger partial charge in [-0.05, 0) is 87.8 Å². The predicted molar refractivity (Wildman–Crippen MR) is 130 cm³/mol. The fourth-order valence-corrected chi connectivity index (χ4v) is 4.68. The first kappa shape index (κ1) is 27.2. The molecule has 0 saturated carbocycles. The lowest BCUT2D eigenvalue weighted by Crippen LogP contribution is -2.37. The highest BCUT2D eigenvalue weighted by Crippen LogP contribution is 2.33. The number of benzene rings is 2. The van der Waals surface area contributed by atoms with Crippen molar-refractivity contribution >= 4 is 0 Å². The zero-order valence-corrected chi connectivity index (χ0v) is 20.5. The van der Waals surface area contributed by atoms with Crippen LogP contribution in [0.25, 0.3) is 16.9 Å². The van der Waals surface area contributed by atoms with Crippen LogP contribution in [0, 0.1) is 5.92 Å². The van der Waals surface area contributed by atoms with E-state index in [0.717, 1.165) is 75.3 Å². The smallest absolute Gasteiger partial charge is 0.312 e. The minimum absolute atomic E-state index is 0.427. The van der Waals surface area contributed by atoms with Gasteiger partial charge in [0.25, 0.3) is 0 Å². The van der Waals surface area contributed by atoms with E-state index >= 15 is 0 Å². The topological polar surface area (TPSA) is 33.1 Å². The summed E-state index contributed by atoms with van der Waals surface area (Å²) in [5.74, 6) is 0.535. The first-order valence-corrected chi connectivity index (χ1v) is 12.4. The minimum Gasteiger partial charge on any atom is -0.312 e. The standard InChI is InChI=1S/C27H30F6N4/c1-2-13-36-14-11-19(12-15-36)16-34-17-21-18-37(24-9-7-23(8-10-24)27(31,32)33)35-25(21)20-3-5-22(6-4-20)26(28,29)30/h3-10,18-19,34H,2,11-17H2,1H3. The van der Waals surface area contributed by atoms with E-state index in [-0.39, 0.29) is 0 Å². The van der Waals surface area contributed by atoms with Crippen LogP contribution in [-0.2, 0) is 18.9 Å². The molecule has 1 aliphatic rings. The molecule has 37 heavy (non-hydrogen) atoms. The molecule has 0 radical (unpaired) electrons. The van der Waals surface area contributed by atoms with Gasteiger partial charge in [0.15, 0.2) is 0 Å². The van der Waals surface area contributed by atoms with Crippen molar-refractivity contribution in [2.75, 3.05) is 26.2 Å². The third-order valence-corrected chi connectivity index (χ3v) is 6.73. The monoisotopic (exact) mass is 524 g/mol. The van der Waals surface area contributed by atoms with Crippen LogP contribution >= 0.6 is 0 Å². The van der Waals surface area contributed by atoms with Gasteiger partial charge in [0, 0.05) is 23.9 Å². The molecule has 1 aliphatic heterocycles. The molecule has 200 valence electrons. The van der Waals surface area contributed by atoms with E-state index in [1.165, 1.54) is 28.9 Å². The molecule has 0 spiro atoms. The Hall–Kier alpha value is -2.85. The van der Waals surface area contributed by atoms with Gasteiger partial charge in [-0.1, -0.05) is 19.1 Å². The number of hydrogen-bond acceptors (Lipinski definition) is 3. The van der Waals surface area contributed by atoms with E-state index in [1.807, 2.05) is 0 Å². The zero-order chi connectivity index (χ0) is 26.6. The number of alkyl halides is 6. The van der Waals surface area contributed by atoms with Crippen LogP contribution in [0.5, 0.6) is 0 Å². The van der Waals surface area contributed by atoms with Gasteiger partial charge in [-0.15, -0.1) is 0 Å². The molecule has 10 heteroatoms. The molecule has 1 saturated heterocycles. The van der Waals surface area contributed by atoms with Crippen molar-refractivity contribution < 1.29 is 26.3 Å². The Morgan fingerprint density at radius 1 is 0.865 bits per heavy atom. The van der Waals surface area contributed by atoms with Crippen molar-refractivity contribution in [1.82, 2.24) is 20.0 Å². The Labute approximate surface area is 212 Å². The van der Waals surface area contributed by atoms with Gasteiger partial charge >= 0.3 is 12.4 Å². The maximum atomic E-state index is 13.0. The molecule has 4 rings (SSSR count). The summed E-state index contributed by atoms with van der Waals surface area (Å²) >= 11 is 0. The Bertz CT molecular complexity index is 1140. The van der Waals surface area contributed by atoms with Gasteiger partial charge in [-0.2, -0.15) is 31.4 Å². The molecular weight excluding hydrogens is 494 g/mol. The summed E-state index contributed by atoms with van der Waals surface area (Å²) in [6.07, 6.45) is -3.84. The van der Waals surface area contributed by atoms with Gasteiger partial charge in [0.2, 0.25) is 0 Å². The average Bonchev–Trinajstić information content (AvgIpc) is 3.28. The molecule has 1 fully saturated rings. The molecule has 0 unspecified atom stereocenters. The highest BCUT2D eigenvalue weighted by atomic mass is 19.4. The van der Waals surface area contributed by atoms with Crippen LogP contribution in [0.1, 0.15) is 42.9 Å². The largest absolute Gasteiger partial charge is 0.416 e. The second kappa shape index (κ2) is 11.3. The van der Waals surface area contributed by atoms with Crippen molar-refractivity contribution in [2.45, 2.75) is 45.1 Å². The first-order chi connectivity index (χ1) is 17.5. The second-order valence-corrected chi connectivity index (χ2v) is 9.48. The van der Waals surface area contributed by atoms with Crippen molar-refractivity contribution in [3.05, 3.63) is 71.4 Å². The van der Waals surface area contributed by atoms with Gasteiger partial charge in [0.1, 0.15) is 0 Å². The second-order valence-electron chi connectivity index (χ2n) is 9.48. The summed E-state index contributed by atoms with van der Waals surface area (Å²) < 4.78 is 79.5. The van der Waals surface area contributed by atoms with Crippen LogP contribution in [0.3, 0.4) is 0 Å². The maximum absolute atomic E-state index is 13.0. The summed E-state index contributed by atoms with van der Waals surface area (Å²) in [7, 11) is 0. The van der Waals surface area contributed by atoms with E-state index in [2.05, 4.69) is 22.2 Å². The van der Waals surface area contributed by atoms with Crippen molar-refractivity contribution in [3.63, 3.8) is 0 Å². The van der Waals surface area contributed by atoms with Crippen molar-refractivity contribution in [1.29, 1.82) is 0 Å². The predicted octanol–water partition coefficient (Wildman–Crippen LogP) is 6.79. The molecule has 1 aromatic heterocycles. The van der Waals surface area contributed by atoms with E-state index in [4.69, 9.17) is 0 Å². The molecule has 1 N–H and O–H groups in total. The maximum Gasteiger partial charge on any atom is 0.416 e. The molecular formula is C27H30F6N4. The van der Waals surface area contributed by atoms with Crippen LogP contribution < -0.4 is 5.32 Å². The summed E-state index contributed by atoms with van der Waals surface area (Å²) in [6.45, 7) is 6.67. The highest BCUT2D eigenvalue weighted by molar-refractivity contribution is 5.63. The quantitative estimate of drug-likeness (QED) is 0.330. The lowest BCUT2D eigenvalue weighted by Gasteiger charge is -2.31. The van der Waals surface area contributed by atoms with Crippen molar-refractivity contribution in [3.8, 4) is 16.9 Å². The number of nitrogens with zero attached hydrogens (tertiary/aromatic N) is 3. The lowest BCUT2D eigenvalue weighted by atomic mass is 9.96. The number of hydrogen-bond donors (Lipinski definition) is 1. The van der Waals surface area contributed by atoms with Crippen LogP contribution in [0.15, 0.2) is 54.7 Å². The molecule has 0 bridgehead atoms. The zero-order valence-electron chi connectivity index (χ0n) is 20.5. The van der Waals surface area contributed by atoms with Gasteiger partial charge in [0.05, 0.1) is 22.5 Å². The molecule has 0 atom stereocenters. The van der Waals surface area contributed by atoms with Crippen LogP contribution in [-0.4, -0.2) is 40.9 Å². The van der Waals surface area contributed by atoms with Crippen LogP contribution in [0.4, 0.5) is 26.3 Å². The Balaban J connectivity index is 1.53. The molecule has 4 nitrogen and oxygen atoms in total. The number of halogens is 6. The van der Waals surface area contributed by atoms with E-state index in [9.17, 15) is 26.3 Å². The molecule has 0 amide bonds. The number of likely N-dealkylation sites (tertiary alicyclic amines) is 1. The summed E-state index contributed by atoms with van der Waals surface area (Å²) in [4.78, 5) is 2.47. The average molecular weight is 525 g/mol. The molecule has 3 aromatic rings. The Kier molecular flexibility index (Phi) is 8.28.